The minimum absolute atomic E-state index is 0.00801. The Morgan fingerprint density at radius 3 is 2.24 bits per heavy atom. The van der Waals surface area contributed by atoms with E-state index < -0.39 is 5.91 Å². The van der Waals surface area contributed by atoms with Crippen molar-refractivity contribution in [3.8, 4) is 0 Å². The van der Waals surface area contributed by atoms with Gasteiger partial charge in [-0.15, -0.1) is 0 Å². The van der Waals surface area contributed by atoms with Gasteiger partial charge in [-0.2, -0.15) is 0 Å². The summed E-state index contributed by atoms with van der Waals surface area (Å²) < 4.78 is 0. The van der Waals surface area contributed by atoms with Crippen molar-refractivity contribution in [3.05, 3.63) is 59.7 Å². The number of benzene rings is 2. The lowest BCUT2D eigenvalue weighted by Crippen LogP contribution is -2.24. The van der Waals surface area contributed by atoms with E-state index in [9.17, 15) is 14.4 Å². The fraction of sp³-hybridized carbons (Fsp3) is 0.167. The zero-order valence-electron chi connectivity index (χ0n) is 14.1. The molecule has 0 saturated carbocycles. The van der Waals surface area contributed by atoms with E-state index in [-0.39, 0.29) is 23.9 Å². The van der Waals surface area contributed by atoms with Crippen LogP contribution in [0.15, 0.2) is 48.5 Å². The highest BCUT2D eigenvalue weighted by atomic mass is 16.2. The predicted octanol–water partition coefficient (Wildman–Crippen LogP) is 1.54. The quantitative estimate of drug-likeness (QED) is 0.742. The summed E-state index contributed by atoms with van der Waals surface area (Å²) in [5.74, 6) is -1.01. The van der Waals surface area contributed by atoms with E-state index in [0.29, 0.717) is 16.9 Å². The minimum Gasteiger partial charge on any atom is -0.376 e. The monoisotopic (exact) mass is 340 g/mol. The third-order valence-electron chi connectivity index (χ3n) is 3.46. The highest BCUT2D eigenvalue weighted by Gasteiger charge is 2.10. The first-order valence-electron chi connectivity index (χ1n) is 7.62. The predicted molar refractivity (Wildman–Crippen MR) is 96.5 cm³/mol. The molecule has 0 aliphatic carbocycles. The lowest BCUT2D eigenvalue weighted by atomic mass is 10.1. The largest absolute Gasteiger partial charge is 0.376 e. The molecule has 0 aliphatic heterocycles. The molecule has 2 aromatic carbocycles. The van der Waals surface area contributed by atoms with Gasteiger partial charge in [-0.3, -0.25) is 14.4 Å². The number of nitrogens with one attached hydrogen (secondary N) is 2. The van der Waals surface area contributed by atoms with Crippen LogP contribution in [0.4, 0.5) is 11.4 Å². The average Bonchev–Trinajstić information content (AvgIpc) is 2.60. The molecule has 2 rings (SSSR count). The van der Waals surface area contributed by atoms with Crippen molar-refractivity contribution >= 4 is 29.1 Å². The molecule has 0 spiro atoms. The molecule has 4 N–H and O–H groups in total. The number of amides is 3. The first kappa shape index (κ1) is 18.0. The number of rotatable bonds is 6. The molecule has 0 aromatic heterocycles. The van der Waals surface area contributed by atoms with E-state index in [2.05, 4.69) is 10.6 Å². The lowest BCUT2D eigenvalue weighted by molar-refractivity contribution is -0.114. The van der Waals surface area contributed by atoms with Crippen molar-refractivity contribution in [1.29, 1.82) is 0 Å². The van der Waals surface area contributed by atoms with Gasteiger partial charge in [0.2, 0.25) is 5.91 Å². The Kier molecular flexibility index (Phi) is 5.73. The smallest absolute Gasteiger partial charge is 0.253 e. The van der Waals surface area contributed by atoms with Crippen LogP contribution in [0.3, 0.4) is 0 Å². The Balaban J connectivity index is 1.94. The summed E-state index contributed by atoms with van der Waals surface area (Å²) in [7, 11) is 3.37. The van der Waals surface area contributed by atoms with E-state index in [1.165, 1.54) is 4.90 Å². The SMILES string of the molecule is CN(C)C(=O)c1ccc(NCC(=O)Nc2ccccc2C(N)=O)cc1. The van der Waals surface area contributed by atoms with Crippen LogP contribution in [0.2, 0.25) is 0 Å². The molecule has 0 aliphatic rings. The maximum atomic E-state index is 12.0. The molecule has 130 valence electrons. The molecule has 0 unspecified atom stereocenters. The summed E-state index contributed by atoms with van der Waals surface area (Å²) in [4.78, 5) is 36.7. The number of carbonyl (C=O) groups is 3. The van der Waals surface area contributed by atoms with E-state index in [0.717, 1.165) is 0 Å². The van der Waals surface area contributed by atoms with Crippen LogP contribution in [0.5, 0.6) is 0 Å². The summed E-state index contributed by atoms with van der Waals surface area (Å²) in [6, 6.07) is 13.4. The number of anilines is 2. The second-order valence-electron chi connectivity index (χ2n) is 5.59. The van der Waals surface area contributed by atoms with Gasteiger partial charge in [0.05, 0.1) is 17.8 Å². The van der Waals surface area contributed by atoms with Gasteiger partial charge in [-0.25, -0.2) is 0 Å². The fourth-order valence-corrected chi connectivity index (χ4v) is 2.17. The van der Waals surface area contributed by atoms with Crippen molar-refractivity contribution in [3.63, 3.8) is 0 Å². The Bertz CT molecular complexity index is 785. The van der Waals surface area contributed by atoms with Gasteiger partial charge in [0, 0.05) is 25.3 Å². The Morgan fingerprint density at radius 2 is 1.64 bits per heavy atom. The van der Waals surface area contributed by atoms with Crippen LogP contribution in [-0.4, -0.2) is 43.3 Å². The van der Waals surface area contributed by atoms with Crippen LogP contribution in [-0.2, 0) is 4.79 Å². The number of nitrogens with zero attached hydrogens (tertiary/aromatic N) is 1. The highest BCUT2D eigenvalue weighted by molar-refractivity contribution is 6.03. The van der Waals surface area contributed by atoms with Crippen LogP contribution in [0.25, 0.3) is 0 Å². The number of para-hydroxylation sites is 1. The zero-order valence-corrected chi connectivity index (χ0v) is 14.1. The number of primary amides is 1. The normalized spacial score (nSPS) is 10.0. The van der Waals surface area contributed by atoms with Gasteiger partial charge in [-0.05, 0) is 36.4 Å². The molecule has 0 atom stereocenters. The molecule has 0 saturated heterocycles. The molecule has 7 nitrogen and oxygen atoms in total. The molecule has 7 heteroatoms. The second-order valence-corrected chi connectivity index (χ2v) is 5.59. The van der Waals surface area contributed by atoms with Gasteiger partial charge in [0.15, 0.2) is 0 Å². The number of hydrogen-bond donors (Lipinski definition) is 3. The Hall–Kier alpha value is -3.35. The topological polar surface area (TPSA) is 105 Å². The average molecular weight is 340 g/mol. The third-order valence-corrected chi connectivity index (χ3v) is 3.46. The Labute approximate surface area is 145 Å². The zero-order chi connectivity index (χ0) is 18.4. The number of nitrogens with two attached hydrogens (primary N) is 1. The van der Waals surface area contributed by atoms with Crippen LogP contribution < -0.4 is 16.4 Å². The van der Waals surface area contributed by atoms with Crippen molar-refractivity contribution in [2.24, 2.45) is 5.73 Å². The molecule has 0 fully saturated rings. The van der Waals surface area contributed by atoms with Gasteiger partial charge in [0.25, 0.3) is 11.8 Å². The first-order chi connectivity index (χ1) is 11.9. The van der Waals surface area contributed by atoms with Crippen molar-refractivity contribution in [2.45, 2.75) is 0 Å². The van der Waals surface area contributed by atoms with Crippen LogP contribution in [0.1, 0.15) is 20.7 Å². The van der Waals surface area contributed by atoms with Gasteiger partial charge in [-0.1, -0.05) is 12.1 Å². The van der Waals surface area contributed by atoms with Crippen LogP contribution in [0, 0.1) is 0 Å². The van der Waals surface area contributed by atoms with Crippen LogP contribution >= 0.6 is 0 Å². The molecule has 3 amide bonds. The van der Waals surface area contributed by atoms with Crippen molar-refractivity contribution in [1.82, 2.24) is 4.90 Å². The fourth-order valence-electron chi connectivity index (χ4n) is 2.17. The molecular formula is C18H20N4O3. The second kappa shape index (κ2) is 7.96. The summed E-state index contributed by atoms with van der Waals surface area (Å²) in [6.07, 6.45) is 0. The van der Waals surface area contributed by atoms with E-state index in [4.69, 9.17) is 5.73 Å². The van der Waals surface area contributed by atoms with E-state index >= 15 is 0 Å². The standard InChI is InChI=1S/C18H20N4O3/c1-22(2)18(25)12-7-9-13(10-8-12)20-11-16(23)21-15-6-4-3-5-14(15)17(19)24/h3-10,20H,11H2,1-2H3,(H2,19,24)(H,21,23). The summed E-state index contributed by atoms with van der Waals surface area (Å²) in [6.45, 7) is 0.00801. The molecule has 0 bridgehead atoms. The summed E-state index contributed by atoms with van der Waals surface area (Å²) >= 11 is 0. The highest BCUT2D eigenvalue weighted by Crippen LogP contribution is 2.14. The molecule has 25 heavy (non-hydrogen) atoms. The Morgan fingerprint density at radius 1 is 1.00 bits per heavy atom. The minimum atomic E-state index is -0.606. The van der Waals surface area contributed by atoms with Gasteiger partial charge < -0.3 is 21.3 Å². The molecular weight excluding hydrogens is 320 g/mol. The maximum absolute atomic E-state index is 12.0. The van der Waals surface area contributed by atoms with E-state index in [1.807, 2.05) is 0 Å². The first-order valence-corrected chi connectivity index (χ1v) is 7.62. The van der Waals surface area contributed by atoms with Crippen molar-refractivity contribution in [2.75, 3.05) is 31.3 Å². The lowest BCUT2D eigenvalue weighted by Gasteiger charge is -2.12. The van der Waals surface area contributed by atoms with Gasteiger partial charge in [0.1, 0.15) is 0 Å². The maximum Gasteiger partial charge on any atom is 0.253 e. The van der Waals surface area contributed by atoms with Crippen molar-refractivity contribution < 1.29 is 14.4 Å². The third kappa shape index (κ3) is 4.81. The number of hydrogen-bond acceptors (Lipinski definition) is 4. The van der Waals surface area contributed by atoms with Gasteiger partial charge >= 0.3 is 0 Å². The molecule has 0 radical (unpaired) electrons. The molecule has 2 aromatic rings. The summed E-state index contributed by atoms with van der Waals surface area (Å²) in [5.41, 5.74) is 7.17. The summed E-state index contributed by atoms with van der Waals surface area (Å²) in [5, 5.41) is 5.60. The molecule has 0 heterocycles. The van der Waals surface area contributed by atoms with E-state index in [1.54, 1.807) is 62.6 Å². The number of carbonyl (C=O) groups excluding carboxylic acids is 3.